The molecule has 3 aliphatic heterocycles. The molecule has 44 heavy (non-hydrogen) atoms. The molecule has 1 aromatic heterocycles. The first-order chi connectivity index (χ1) is 21.7. The van der Waals surface area contributed by atoms with Gasteiger partial charge in [0.05, 0.1) is 25.2 Å². The summed E-state index contributed by atoms with van der Waals surface area (Å²) < 4.78 is 8.17. The minimum Gasteiger partial charge on any atom is -0.363 e. The minimum absolute atomic E-state index is 0.0575. The van der Waals surface area contributed by atoms with Gasteiger partial charge in [0.1, 0.15) is 18.7 Å². The normalized spacial score (nSPS) is 23.7. The highest BCUT2D eigenvalue weighted by atomic mass is 16.5. The number of aromatic nitrogens is 1. The third kappa shape index (κ3) is 4.72. The monoisotopic (exact) mass is 575 g/mol. The highest BCUT2D eigenvalue weighted by Gasteiger charge is 2.55. The van der Waals surface area contributed by atoms with Crippen molar-refractivity contribution in [1.82, 2.24) is 4.98 Å². The second kappa shape index (κ2) is 11.3. The SMILES string of the molecule is C=CC1C[N+]2(Cc3c4ccccc4cc4ccccc34)CCC1C[C@H]2[C@@H](OCc1ccccc1)c1ccnc2ccccc12. The van der Waals surface area contributed by atoms with E-state index in [1.165, 1.54) is 50.0 Å². The van der Waals surface area contributed by atoms with Gasteiger partial charge in [-0.2, -0.15) is 0 Å². The maximum Gasteiger partial charge on any atom is 0.135 e. The van der Waals surface area contributed by atoms with E-state index in [1.54, 1.807) is 0 Å². The van der Waals surface area contributed by atoms with E-state index in [4.69, 9.17) is 9.72 Å². The van der Waals surface area contributed by atoms with Gasteiger partial charge in [-0.05, 0) is 56.8 Å². The summed E-state index contributed by atoms with van der Waals surface area (Å²) in [5, 5.41) is 6.58. The zero-order valence-electron chi connectivity index (χ0n) is 25.2. The van der Waals surface area contributed by atoms with Crippen LogP contribution in [0.5, 0.6) is 0 Å². The van der Waals surface area contributed by atoms with Gasteiger partial charge in [-0.1, -0.05) is 103 Å². The molecule has 9 rings (SSSR count). The van der Waals surface area contributed by atoms with Crippen LogP contribution < -0.4 is 0 Å². The van der Waals surface area contributed by atoms with E-state index < -0.39 is 0 Å². The van der Waals surface area contributed by atoms with Gasteiger partial charge in [0.2, 0.25) is 0 Å². The summed E-state index contributed by atoms with van der Waals surface area (Å²) in [6.45, 7) is 8.17. The Balaban J connectivity index is 1.30. The molecule has 3 nitrogen and oxygen atoms in total. The first kappa shape index (κ1) is 27.3. The van der Waals surface area contributed by atoms with Gasteiger partial charge >= 0.3 is 0 Å². The molecule has 5 atom stereocenters. The molecule has 218 valence electrons. The van der Waals surface area contributed by atoms with Crippen LogP contribution in [0.3, 0.4) is 0 Å². The number of hydrogen-bond acceptors (Lipinski definition) is 2. The van der Waals surface area contributed by atoms with Crippen LogP contribution in [0.2, 0.25) is 0 Å². The van der Waals surface area contributed by atoms with Gasteiger partial charge < -0.3 is 9.22 Å². The Hall–Kier alpha value is -4.31. The molecule has 2 bridgehead atoms. The molecule has 3 fully saturated rings. The van der Waals surface area contributed by atoms with Gasteiger partial charge in [-0.25, -0.2) is 0 Å². The fourth-order valence-electron chi connectivity index (χ4n) is 8.49. The Kier molecular flexibility index (Phi) is 7.01. The van der Waals surface area contributed by atoms with Crippen LogP contribution in [0.15, 0.2) is 134 Å². The van der Waals surface area contributed by atoms with E-state index in [-0.39, 0.29) is 6.10 Å². The maximum absolute atomic E-state index is 7.15. The molecule has 4 heterocycles. The fraction of sp³-hybridized carbons (Fsp3) is 0.244. The summed E-state index contributed by atoms with van der Waals surface area (Å²) in [7, 11) is 0. The lowest BCUT2D eigenvalue weighted by atomic mass is 9.70. The zero-order valence-corrected chi connectivity index (χ0v) is 25.2. The molecule has 0 spiro atoms. The fourth-order valence-corrected chi connectivity index (χ4v) is 8.49. The number of ether oxygens (including phenoxy) is 1. The van der Waals surface area contributed by atoms with Crippen molar-refractivity contribution in [2.75, 3.05) is 13.1 Å². The lowest BCUT2D eigenvalue weighted by Gasteiger charge is -2.58. The van der Waals surface area contributed by atoms with Crippen LogP contribution in [0.4, 0.5) is 0 Å². The molecule has 0 radical (unpaired) electrons. The molecule has 3 unspecified atom stereocenters. The number of benzene rings is 5. The average molecular weight is 576 g/mol. The number of para-hydroxylation sites is 1. The largest absolute Gasteiger partial charge is 0.363 e. The third-order valence-corrected chi connectivity index (χ3v) is 10.6. The van der Waals surface area contributed by atoms with E-state index in [9.17, 15) is 0 Å². The van der Waals surface area contributed by atoms with Crippen LogP contribution >= 0.6 is 0 Å². The van der Waals surface area contributed by atoms with E-state index in [2.05, 4.69) is 128 Å². The van der Waals surface area contributed by atoms with E-state index in [0.717, 1.165) is 36.1 Å². The van der Waals surface area contributed by atoms with Crippen LogP contribution in [0.25, 0.3) is 32.4 Å². The van der Waals surface area contributed by atoms with Crippen LogP contribution in [0, 0.1) is 11.8 Å². The highest BCUT2D eigenvalue weighted by molar-refractivity contribution is 6.02. The first-order valence-electron chi connectivity index (χ1n) is 16.1. The molecule has 0 N–H and O–H groups in total. The van der Waals surface area contributed by atoms with Crippen molar-refractivity contribution in [3.05, 3.63) is 151 Å². The number of nitrogens with zero attached hydrogens (tertiary/aromatic N) is 2. The van der Waals surface area contributed by atoms with Gasteiger partial charge in [-0.15, -0.1) is 6.58 Å². The number of piperidine rings is 3. The standard InChI is InChI=1S/C41H39N2O/c1-2-30-26-43(27-38-34-16-8-6-14-32(34)24-33-15-7-9-17-35(33)38)23-21-31(30)25-40(43)41(44-28-29-12-4-3-5-13-29)37-20-22-42-39-19-11-10-18-36(37)39/h2-20,22,24,30-31,40-41H,1,21,23,25-28H2/q+1/t30?,31?,40-,41-,43?/m0/s1. The predicted molar refractivity (Wildman–Crippen MR) is 181 cm³/mol. The summed E-state index contributed by atoms with van der Waals surface area (Å²) in [6.07, 6.45) is 6.53. The Morgan fingerprint density at radius 2 is 1.50 bits per heavy atom. The summed E-state index contributed by atoms with van der Waals surface area (Å²) in [5.41, 5.74) is 4.97. The summed E-state index contributed by atoms with van der Waals surface area (Å²) in [4.78, 5) is 4.74. The summed E-state index contributed by atoms with van der Waals surface area (Å²) in [5.74, 6) is 1.16. The number of pyridine rings is 1. The average Bonchev–Trinajstić information content (AvgIpc) is 3.09. The van der Waals surface area contributed by atoms with Crippen molar-refractivity contribution >= 4 is 32.4 Å². The third-order valence-electron chi connectivity index (χ3n) is 10.6. The van der Waals surface area contributed by atoms with Crippen LogP contribution in [-0.2, 0) is 17.9 Å². The molecule has 3 heteroatoms. The number of fused-ring (bicyclic) bond motifs is 6. The van der Waals surface area contributed by atoms with Crippen molar-refractivity contribution in [1.29, 1.82) is 0 Å². The van der Waals surface area contributed by atoms with Crippen molar-refractivity contribution in [2.45, 2.75) is 38.1 Å². The van der Waals surface area contributed by atoms with Crippen LogP contribution in [-0.4, -0.2) is 28.6 Å². The molecule has 5 aromatic carbocycles. The number of rotatable bonds is 8. The van der Waals surface area contributed by atoms with Crippen LogP contribution in [0.1, 0.15) is 35.6 Å². The molecular weight excluding hydrogens is 536 g/mol. The Morgan fingerprint density at radius 3 is 2.25 bits per heavy atom. The molecule has 0 saturated carbocycles. The molecule has 0 aliphatic carbocycles. The Bertz CT molecular complexity index is 1910. The smallest absolute Gasteiger partial charge is 0.135 e. The second-order valence-corrected chi connectivity index (χ2v) is 13.0. The van der Waals surface area contributed by atoms with Crippen molar-refractivity contribution in [3.63, 3.8) is 0 Å². The lowest BCUT2D eigenvalue weighted by molar-refractivity contribution is -0.984. The van der Waals surface area contributed by atoms with Gasteiger partial charge in [0.15, 0.2) is 0 Å². The molecule has 6 aromatic rings. The maximum atomic E-state index is 7.15. The topological polar surface area (TPSA) is 22.1 Å². The van der Waals surface area contributed by atoms with Gasteiger partial charge in [0, 0.05) is 35.9 Å². The highest BCUT2D eigenvalue weighted by Crippen LogP contribution is 2.50. The summed E-state index contributed by atoms with van der Waals surface area (Å²) in [6, 6.07) is 42.0. The number of hydrogen-bond donors (Lipinski definition) is 0. The first-order valence-corrected chi connectivity index (χ1v) is 16.1. The van der Waals surface area contributed by atoms with E-state index in [1.807, 2.05) is 6.20 Å². The van der Waals surface area contributed by atoms with Gasteiger partial charge in [-0.3, -0.25) is 4.98 Å². The second-order valence-electron chi connectivity index (χ2n) is 13.0. The Morgan fingerprint density at radius 1 is 0.818 bits per heavy atom. The molecular formula is C41H39N2O+. The van der Waals surface area contributed by atoms with Gasteiger partial charge in [0.25, 0.3) is 0 Å². The molecule has 0 amide bonds. The summed E-state index contributed by atoms with van der Waals surface area (Å²) >= 11 is 0. The lowest BCUT2D eigenvalue weighted by Crippen LogP contribution is -2.67. The van der Waals surface area contributed by atoms with E-state index in [0.29, 0.717) is 24.5 Å². The number of quaternary nitrogens is 1. The van der Waals surface area contributed by atoms with E-state index >= 15 is 0 Å². The van der Waals surface area contributed by atoms with Crippen molar-refractivity contribution in [2.24, 2.45) is 11.8 Å². The minimum atomic E-state index is -0.0575. The predicted octanol–water partition coefficient (Wildman–Crippen LogP) is 9.41. The van der Waals surface area contributed by atoms with Crippen molar-refractivity contribution in [3.8, 4) is 0 Å². The van der Waals surface area contributed by atoms with Crippen molar-refractivity contribution < 1.29 is 9.22 Å². The molecule has 3 saturated heterocycles. The molecule has 3 aliphatic rings. The quantitative estimate of drug-likeness (QED) is 0.102. The zero-order chi connectivity index (χ0) is 29.5. The Labute approximate surface area is 260 Å².